The van der Waals surface area contributed by atoms with Crippen LogP contribution in [0.15, 0.2) is 54.6 Å². The normalized spacial score (nSPS) is 17.6. The van der Waals surface area contributed by atoms with E-state index in [1.54, 1.807) is 4.90 Å². The highest BCUT2D eigenvalue weighted by atomic mass is 16.2. The minimum absolute atomic E-state index is 0.0819. The second kappa shape index (κ2) is 10.4. The average molecular weight is 421 g/mol. The van der Waals surface area contributed by atoms with Crippen molar-refractivity contribution < 1.29 is 9.59 Å². The van der Waals surface area contributed by atoms with Gasteiger partial charge >= 0.3 is 0 Å². The maximum atomic E-state index is 12.4. The molecular weight excluding hydrogens is 388 g/mol. The Bertz CT molecular complexity index is 878. The Morgan fingerprint density at radius 3 is 2.29 bits per heavy atom. The van der Waals surface area contributed by atoms with Crippen molar-refractivity contribution in [1.82, 2.24) is 15.1 Å². The van der Waals surface area contributed by atoms with E-state index in [9.17, 15) is 9.59 Å². The lowest BCUT2D eigenvalue weighted by atomic mass is 10.1. The van der Waals surface area contributed by atoms with Crippen LogP contribution < -0.4 is 10.2 Å². The predicted molar refractivity (Wildman–Crippen MR) is 123 cm³/mol. The molecule has 31 heavy (non-hydrogen) atoms. The lowest BCUT2D eigenvalue weighted by molar-refractivity contribution is -0.137. The number of likely N-dealkylation sites (tertiary alicyclic amines) is 1. The number of piperidine rings is 1. The summed E-state index contributed by atoms with van der Waals surface area (Å²) >= 11 is 0. The van der Waals surface area contributed by atoms with Gasteiger partial charge in [-0.1, -0.05) is 42.5 Å². The van der Waals surface area contributed by atoms with E-state index in [0.717, 1.165) is 51.1 Å². The van der Waals surface area contributed by atoms with Crippen molar-refractivity contribution in [2.75, 3.05) is 44.2 Å². The Morgan fingerprint density at radius 1 is 0.839 bits per heavy atom. The van der Waals surface area contributed by atoms with E-state index in [-0.39, 0.29) is 18.4 Å². The van der Waals surface area contributed by atoms with Gasteiger partial charge in [0.05, 0.1) is 6.54 Å². The van der Waals surface area contributed by atoms with Gasteiger partial charge in [0.15, 0.2) is 0 Å². The summed E-state index contributed by atoms with van der Waals surface area (Å²) in [6.45, 7) is 6.33. The van der Waals surface area contributed by atoms with Gasteiger partial charge in [-0.15, -0.1) is 0 Å². The van der Waals surface area contributed by atoms with Crippen molar-refractivity contribution in [1.29, 1.82) is 0 Å². The van der Waals surface area contributed by atoms with Crippen LogP contribution in [0.2, 0.25) is 0 Å². The molecule has 2 saturated heterocycles. The van der Waals surface area contributed by atoms with Crippen LogP contribution in [0, 0.1) is 0 Å². The predicted octanol–water partition coefficient (Wildman–Crippen LogP) is 2.64. The molecule has 2 aliphatic heterocycles. The number of benzene rings is 2. The molecule has 2 heterocycles. The minimum Gasteiger partial charge on any atom is -0.369 e. The summed E-state index contributed by atoms with van der Waals surface area (Å²) in [5.74, 6) is 0.0120. The smallest absolute Gasteiger partial charge is 0.239 e. The van der Waals surface area contributed by atoms with Crippen molar-refractivity contribution in [2.45, 2.75) is 32.4 Å². The second-order valence-electron chi connectivity index (χ2n) is 8.42. The molecule has 6 nitrogen and oxygen atoms in total. The number of nitrogens with one attached hydrogen (secondary N) is 1. The molecule has 0 aliphatic carbocycles. The van der Waals surface area contributed by atoms with Crippen LogP contribution in [-0.2, 0) is 22.7 Å². The second-order valence-corrected chi connectivity index (χ2v) is 8.42. The Labute approximate surface area is 184 Å². The fourth-order valence-electron chi connectivity index (χ4n) is 4.38. The molecule has 2 fully saturated rings. The molecule has 0 radical (unpaired) electrons. The highest BCUT2D eigenvalue weighted by Gasteiger charge is 2.21. The van der Waals surface area contributed by atoms with E-state index in [2.05, 4.69) is 63.6 Å². The first kappa shape index (κ1) is 21.4. The van der Waals surface area contributed by atoms with E-state index in [4.69, 9.17) is 0 Å². The van der Waals surface area contributed by atoms with Gasteiger partial charge < -0.3 is 15.1 Å². The van der Waals surface area contributed by atoms with E-state index in [1.807, 2.05) is 6.07 Å². The first-order valence-electron chi connectivity index (χ1n) is 11.3. The quantitative estimate of drug-likeness (QED) is 0.748. The van der Waals surface area contributed by atoms with Gasteiger partial charge in [0.25, 0.3) is 0 Å². The summed E-state index contributed by atoms with van der Waals surface area (Å²) in [7, 11) is 0. The summed E-state index contributed by atoms with van der Waals surface area (Å²) in [5.41, 5.74) is 3.69. The number of nitrogens with zero attached hydrogens (tertiary/aromatic N) is 3. The minimum atomic E-state index is -0.0819. The summed E-state index contributed by atoms with van der Waals surface area (Å²) in [5, 5.41) is 3.01. The van der Waals surface area contributed by atoms with Crippen LogP contribution >= 0.6 is 0 Å². The van der Waals surface area contributed by atoms with Crippen molar-refractivity contribution in [3.05, 3.63) is 65.7 Å². The van der Waals surface area contributed by atoms with E-state index in [1.165, 1.54) is 11.3 Å². The van der Waals surface area contributed by atoms with Gasteiger partial charge in [0.2, 0.25) is 11.8 Å². The lowest BCUT2D eigenvalue weighted by Crippen LogP contribution is -2.46. The van der Waals surface area contributed by atoms with Crippen molar-refractivity contribution in [3.8, 4) is 0 Å². The molecule has 0 saturated carbocycles. The summed E-state index contributed by atoms with van der Waals surface area (Å²) in [6, 6.07) is 18.9. The van der Waals surface area contributed by atoms with E-state index < -0.39 is 0 Å². The molecule has 4 rings (SSSR count). The summed E-state index contributed by atoms with van der Waals surface area (Å²) in [4.78, 5) is 30.9. The topological polar surface area (TPSA) is 55.9 Å². The zero-order chi connectivity index (χ0) is 21.5. The van der Waals surface area contributed by atoms with Crippen LogP contribution in [0.5, 0.6) is 0 Å². The summed E-state index contributed by atoms with van der Waals surface area (Å²) < 4.78 is 0. The number of rotatable bonds is 7. The van der Waals surface area contributed by atoms with Crippen molar-refractivity contribution >= 4 is 17.5 Å². The first-order valence-corrected chi connectivity index (χ1v) is 11.3. The Balaban J connectivity index is 1.27. The van der Waals surface area contributed by atoms with Crippen LogP contribution in [-0.4, -0.2) is 60.9 Å². The average Bonchev–Trinajstić information content (AvgIpc) is 2.81. The molecule has 0 bridgehead atoms. The van der Waals surface area contributed by atoms with E-state index >= 15 is 0 Å². The molecule has 0 aromatic heterocycles. The van der Waals surface area contributed by atoms with Crippen LogP contribution in [0.3, 0.4) is 0 Å². The largest absolute Gasteiger partial charge is 0.369 e. The zero-order valence-corrected chi connectivity index (χ0v) is 18.1. The van der Waals surface area contributed by atoms with Gasteiger partial charge in [-0.3, -0.25) is 14.5 Å². The number of hydrogen-bond acceptors (Lipinski definition) is 4. The van der Waals surface area contributed by atoms with Crippen LogP contribution in [0.25, 0.3) is 0 Å². The monoisotopic (exact) mass is 420 g/mol. The van der Waals surface area contributed by atoms with Gasteiger partial charge in [-0.2, -0.15) is 0 Å². The third-order valence-electron chi connectivity index (χ3n) is 6.24. The number of carbonyl (C=O) groups is 2. The van der Waals surface area contributed by atoms with Gasteiger partial charge in [0.1, 0.15) is 0 Å². The number of piperazine rings is 1. The molecule has 2 aromatic carbocycles. The first-order chi connectivity index (χ1) is 15.2. The standard InChI is InChI=1S/C25H32N4O2/c30-24(20-29-13-7-6-12-25(29)31)26-18-21-8-4-5-9-22(21)19-27-14-16-28(17-15-27)23-10-2-1-3-11-23/h1-5,8-11H,6-7,12-20H2,(H,26,30). The zero-order valence-electron chi connectivity index (χ0n) is 18.1. The number of anilines is 1. The highest BCUT2D eigenvalue weighted by Crippen LogP contribution is 2.18. The molecule has 6 heteroatoms. The Morgan fingerprint density at radius 2 is 1.55 bits per heavy atom. The molecule has 2 amide bonds. The molecule has 0 atom stereocenters. The molecule has 164 valence electrons. The molecule has 2 aromatic rings. The Kier molecular flexibility index (Phi) is 7.20. The molecule has 2 aliphatic rings. The number of hydrogen-bond donors (Lipinski definition) is 1. The van der Waals surface area contributed by atoms with Gasteiger partial charge in [0, 0.05) is 57.9 Å². The van der Waals surface area contributed by atoms with Crippen molar-refractivity contribution in [2.24, 2.45) is 0 Å². The number of amides is 2. The Hall–Kier alpha value is -2.86. The van der Waals surface area contributed by atoms with E-state index in [0.29, 0.717) is 19.5 Å². The van der Waals surface area contributed by atoms with Crippen LogP contribution in [0.4, 0.5) is 5.69 Å². The van der Waals surface area contributed by atoms with Crippen molar-refractivity contribution in [3.63, 3.8) is 0 Å². The molecular formula is C25H32N4O2. The maximum Gasteiger partial charge on any atom is 0.239 e. The van der Waals surface area contributed by atoms with Gasteiger partial charge in [-0.25, -0.2) is 0 Å². The molecule has 0 spiro atoms. The SMILES string of the molecule is O=C(CN1CCCCC1=O)NCc1ccccc1CN1CCN(c2ccccc2)CC1. The maximum absolute atomic E-state index is 12.4. The lowest BCUT2D eigenvalue weighted by Gasteiger charge is -2.36. The third kappa shape index (κ3) is 5.85. The fourth-order valence-corrected chi connectivity index (χ4v) is 4.38. The summed E-state index contributed by atoms with van der Waals surface area (Å²) in [6.07, 6.45) is 2.48. The molecule has 1 N–H and O–H groups in total. The van der Waals surface area contributed by atoms with Gasteiger partial charge in [-0.05, 0) is 36.1 Å². The number of para-hydroxylation sites is 1. The van der Waals surface area contributed by atoms with Crippen LogP contribution in [0.1, 0.15) is 30.4 Å². The highest BCUT2D eigenvalue weighted by molar-refractivity contribution is 5.85. The molecule has 0 unspecified atom stereocenters. The third-order valence-corrected chi connectivity index (χ3v) is 6.24. The fraction of sp³-hybridized carbons (Fsp3) is 0.440. The number of carbonyl (C=O) groups excluding carboxylic acids is 2.